The van der Waals surface area contributed by atoms with E-state index in [4.69, 9.17) is 15.7 Å². The second kappa shape index (κ2) is 12.2. The van der Waals surface area contributed by atoms with Gasteiger partial charge in [-0.2, -0.15) is 18.2 Å². The second-order valence-corrected chi connectivity index (χ2v) is 8.22. The fourth-order valence-electron chi connectivity index (χ4n) is 3.33. The number of amidine groups is 1. The monoisotopic (exact) mass is 476 g/mol. The molecule has 1 atom stereocenters. The summed E-state index contributed by atoms with van der Waals surface area (Å²) in [6, 6.07) is 10.6. The van der Waals surface area contributed by atoms with Crippen LogP contribution in [-0.2, 0) is 19.0 Å². The van der Waals surface area contributed by atoms with Crippen LogP contribution in [0.1, 0.15) is 68.5 Å². The van der Waals surface area contributed by atoms with Crippen molar-refractivity contribution < 1.29 is 22.8 Å². The van der Waals surface area contributed by atoms with E-state index in [1.165, 1.54) is 25.1 Å². The molecule has 0 spiro atoms. The van der Waals surface area contributed by atoms with Crippen LogP contribution in [0.2, 0.25) is 0 Å². The number of aromatic hydroxyl groups is 1. The number of halogens is 3. The number of alkyl halides is 3. The van der Waals surface area contributed by atoms with Gasteiger partial charge in [0.2, 0.25) is 11.7 Å². The molecular formula is C25H31F3N4O2. The van der Waals surface area contributed by atoms with Gasteiger partial charge < -0.3 is 15.4 Å². The van der Waals surface area contributed by atoms with Crippen molar-refractivity contribution in [1.29, 1.82) is 5.41 Å². The Balaban J connectivity index is 0.000000945. The molecule has 3 aromatic rings. The van der Waals surface area contributed by atoms with Crippen molar-refractivity contribution in [3.05, 3.63) is 65.0 Å². The summed E-state index contributed by atoms with van der Waals surface area (Å²) in [7, 11) is 0. The average Bonchev–Trinajstić information content (AvgIpc) is 3.26. The number of nitrogens with zero attached hydrogens (tertiary/aromatic N) is 2. The first-order chi connectivity index (χ1) is 16.0. The predicted octanol–water partition coefficient (Wildman–Crippen LogP) is 6.48. The minimum atomic E-state index is -4.48. The molecule has 0 saturated heterocycles. The number of hydrogen-bond acceptors (Lipinski definition) is 5. The molecule has 3 rings (SSSR count). The SMILES string of the molecule is CC(=N)N.CCCC[C@H](C)c1nc(-c2ccc(CCc3ccc(O)cc3)c(C(F)(F)F)c2)no1. The maximum Gasteiger partial charge on any atom is 0.416 e. The van der Waals surface area contributed by atoms with Crippen LogP contribution in [0.25, 0.3) is 11.4 Å². The van der Waals surface area contributed by atoms with Gasteiger partial charge in [0.25, 0.3) is 0 Å². The van der Waals surface area contributed by atoms with Crippen LogP contribution < -0.4 is 5.73 Å². The van der Waals surface area contributed by atoms with Crippen LogP contribution in [0.4, 0.5) is 13.2 Å². The van der Waals surface area contributed by atoms with Crippen molar-refractivity contribution in [2.24, 2.45) is 5.73 Å². The highest BCUT2D eigenvalue weighted by Gasteiger charge is 2.34. The largest absolute Gasteiger partial charge is 0.508 e. The van der Waals surface area contributed by atoms with Gasteiger partial charge >= 0.3 is 6.18 Å². The summed E-state index contributed by atoms with van der Waals surface area (Å²) in [5, 5.41) is 19.5. The number of unbranched alkanes of at least 4 members (excludes halogenated alkanes) is 1. The zero-order valence-electron chi connectivity index (χ0n) is 19.6. The quantitative estimate of drug-likeness (QED) is 0.255. The fourth-order valence-corrected chi connectivity index (χ4v) is 3.33. The zero-order valence-corrected chi connectivity index (χ0v) is 19.6. The van der Waals surface area contributed by atoms with Crippen LogP contribution in [0.3, 0.4) is 0 Å². The molecule has 0 aliphatic carbocycles. The first kappa shape index (κ1) is 26.9. The summed E-state index contributed by atoms with van der Waals surface area (Å²) in [5.74, 6) is 0.979. The number of rotatable bonds is 8. The average molecular weight is 477 g/mol. The van der Waals surface area contributed by atoms with Crippen LogP contribution >= 0.6 is 0 Å². The fraction of sp³-hybridized carbons (Fsp3) is 0.400. The van der Waals surface area contributed by atoms with Gasteiger partial charge in [0, 0.05) is 11.5 Å². The first-order valence-electron chi connectivity index (χ1n) is 11.1. The first-order valence-corrected chi connectivity index (χ1v) is 11.1. The summed E-state index contributed by atoms with van der Waals surface area (Å²) in [6.07, 6.45) is -0.864. The van der Waals surface area contributed by atoms with Crippen molar-refractivity contribution in [3.63, 3.8) is 0 Å². The maximum atomic E-state index is 13.7. The molecule has 0 radical (unpaired) electrons. The van der Waals surface area contributed by atoms with Gasteiger partial charge in [0.05, 0.1) is 11.4 Å². The molecule has 4 N–H and O–H groups in total. The number of aromatic nitrogens is 2. The Hall–Kier alpha value is -3.36. The third-order valence-electron chi connectivity index (χ3n) is 5.15. The highest BCUT2D eigenvalue weighted by Crippen LogP contribution is 2.35. The molecule has 184 valence electrons. The minimum Gasteiger partial charge on any atom is -0.508 e. The lowest BCUT2D eigenvalue weighted by Crippen LogP contribution is -2.10. The minimum absolute atomic E-state index is 0.0675. The highest BCUT2D eigenvalue weighted by molar-refractivity contribution is 5.73. The molecule has 0 fully saturated rings. The molecule has 0 aliphatic rings. The van der Waals surface area contributed by atoms with Crippen LogP contribution in [-0.4, -0.2) is 21.1 Å². The molecule has 1 aromatic heterocycles. The number of nitrogens with one attached hydrogen (secondary N) is 1. The normalized spacial score (nSPS) is 12.1. The Morgan fingerprint density at radius 2 is 1.79 bits per heavy atom. The Kier molecular flexibility index (Phi) is 9.65. The molecule has 34 heavy (non-hydrogen) atoms. The number of phenols is 1. The van der Waals surface area contributed by atoms with Crippen molar-refractivity contribution in [1.82, 2.24) is 10.1 Å². The highest BCUT2D eigenvalue weighted by atomic mass is 19.4. The van der Waals surface area contributed by atoms with E-state index in [0.717, 1.165) is 30.9 Å². The molecule has 0 saturated carbocycles. The summed E-state index contributed by atoms with van der Waals surface area (Å²) in [6.45, 7) is 5.59. The van der Waals surface area contributed by atoms with Gasteiger partial charge in [-0.25, -0.2) is 0 Å². The number of aryl methyl sites for hydroxylation is 2. The lowest BCUT2D eigenvalue weighted by Gasteiger charge is -2.14. The second-order valence-electron chi connectivity index (χ2n) is 8.22. The molecule has 6 nitrogen and oxygen atoms in total. The van der Waals surface area contributed by atoms with Crippen molar-refractivity contribution in [3.8, 4) is 17.1 Å². The maximum absolute atomic E-state index is 13.7. The van der Waals surface area contributed by atoms with E-state index in [2.05, 4.69) is 17.1 Å². The van der Waals surface area contributed by atoms with Gasteiger partial charge in [-0.05, 0) is 55.5 Å². The molecule has 0 bridgehead atoms. The van der Waals surface area contributed by atoms with E-state index < -0.39 is 11.7 Å². The molecule has 2 aromatic carbocycles. The van der Waals surface area contributed by atoms with E-state index in [-0.39, 0.29) is 40.9 Å². The summed E-state index contributed by atoms with van der Waals surface area (Å²) in [5.41, 5.74) is 5.35. The topological polar surface area (TPSA) is 109 Å². The smallest absolute Gasteiger partial charge is 0.416 e. The van der Waals surface area contributed by atoms with Crippen LogP contribution in [0, 0.1) is 5.41 Å². The van der Waals surface area contributed by atoms with E-state index in [0.29, 0.717) is 12.3 Å². The van der Waals surface area contributed by atoms with Crippen molar-refractivity contribution in [2.75, 3.05) is 0 Å². The van der Waals surface area contributed by atoms with Crippen LogP contribution in [0.15, 0.2) is 47.0 Å². The number of benzene rings is 2. The molecular weight excluding hydrogens is 445 g/mol. The Morgan fingerprint density at radius 3 is 2.38 bits per heavy atom. The van der Waals surface area contributed by atoms with Crippen LogP contribution in [0.5, 0.6) is 5.75 Å². The van der Waals surface area contributed by atoms with Gasteiger partial charge in [0.1, 0.15) is 5.75 Å². The zero-order chi connectivity index (χ0) is 25.3. The molecule has 0 unspecified atom stereocenters. The summed E-state index contributed by atoms with van der Waals surface area (Å²) in [4.78, 5) is 4.32. The lowest BCUT2D eigenvalue weighted by atomic mass is 9.97. The van der Waals surface area contributed by atoms with Gasteiger partial charge in [-0.1, -0.05) is 56.1 Å². The van der Waals surface area contributed by atoms with Gasteiger partial charge in [-0.15, -0.1) is 0 Å². The Morgan fingerprint density at radius 1 is 1.15 bits per heavy atom. The Labute approximate surface area is 197 Å². The van der Waals surface area contributed by atoms with Gasteiger partial charge in [0.15, 0.2) is 0 Å². The molecule has 0 aliphatic heterocycles. The van der Waals surface area contributed by atoms with Crippen molar-refractivity contribution >= 4 is 5.84 Å². The molecule has 1 heterocycles. The van der Waals surface area contributed by atoms with E-state index >= 15 is 0 Å². The standard InChI is InChI=1S/C23H25F3N2O2.C2H6N2/c1-3-4-5-15(2)22-27-21(28-30-22)18-11-10-17(20(14-18)23(24,25)26)9-6-16-7-12-19(29)13-8-16;1-2(3)4/h7-8,10-15,29H,3-6,9H2,1-2H3;1H3,(H3,3,4)/t15-;/m0./s1. The van der Waals surface area contributed by atoms with Crippen molar-refractivity contribution in [2.45, 2.75) is 65.0 Å². The van der Waals surface area contributed by atoms with E-state index in [1.54, 1.807) is 18.2 Å². The van der Waals surface area contributed by atoms with Gasteiger partial charge in [-0.3, -0.25) is 5.41 Å². The lowest BCUT2D eigenvalue weighted by molar-refractivity contribution is -0.138. The Bertz CT molecular complexity index is 1060. The summed E-state index contributed by atoms with van der Waals surface area (Å²) >= 11 is 0. The number of nitrogens with two attached hydrogens (primary N) is 1. The predicted molar refractivity (Wildman–Crippen MR) is 126 cm³/mol. The molecule has 0 amide bonds. The van der Waals surface area contributed by atoms with E-state index in [1.807, 2.05) is 6.92 Å². The third kappa shape index (κ3) is 8.20. The number of hydrogen-bond donors (Lipinski definition) is 3. The third-order valence-corrected chi connectivity index (χ3v) is 5.15. The summed E-state index contributed by atoms with van der Waals surface area (Å²) < 4.78 is 46.4. The molecule has 9 heteroatoms. The van der Waals surface area contributed by atoms with E-state index in [9.17, 15) is 18.3 Å². The number of phenolic OH excluding ortho intramolecular Hbond substituents is 1.